The van der Waals surface area contributed by atoms with Gasteiger partial charge in [-0.05, 0) is 29.6 Å². The van der Waals surface area contributed by atoms with Gasteiger partial charge in [-0.25, -0.2) is 0 Å². The van der Waals surface area contributed by atoms with Crippen LogP contribution in [0.5, 0.6) is 0 Å². The van der Waals surface area contributed by atoms with Crippen LogP contribution in [0.3, 0.4) is 0 Å². The maximum Gasteiger partial charge on any atom is -0.0326 e. The Balaban J connectivity index is 4.73. The van der Waals surface area contributed by atoms with Gasteiger partial charge in [-0.15, -0.1) is 0 Å². The summed E-state index contributed by atoms with van der Waals surface area (Å²) in [7, 11) is 0. The summed E-state index contributed by atoms with van der Waals surface area (Å²) in [4.78, 5) is 0. The quantitative estimate of drug-likeness (QED) is 0.443. The molecule has 0 aliphatic rings. The molecule has 0 nitrogen and oxygen atoms in total. The van der Waals surface area contributed by atoms with E-state index in [2.05, 4.69) is 48.5 Å². The molecule has 0 amide bonds. The summed E-state index contributed by atoms with van der Waals surface area (Å²) in [5.74, 6) is 2.74. The third kappa shape index (κ3) is 5.44. The van der Waals surface area contributed by atoms with Gasteiger partial charge in [-0.3, -0.25) is 0 Å². The van der Waals surface area contributed by atoms with Crippen LogP contribution in [0.15, 0.2) is 0 Å². The van der Waals surface area contributed by atoms with Crippen LogP contribution in [0.25, 0.3) is 0 Å². The normalized spacial score (nSPS) is 17.8. The van der Waals surface area contributed by atoms with E-state index in [0.29, 0.717) is 5.41 Å². The van der Waals surface area contributed by atoms with Gasteiger partial charge >= 0.3 is 0 Å². The zero-order valence-corrected chi connectivity index (χ0v) is 13.5. The highest BCUT2D eigenvalue weighted by atomic mass is 14.4. The van der Waals surface area contributed by atoms with Gasteiger partial charge in [0.1, 0.15) is 0 Å². The molecule has 17 heavy (non-hydrogen) atoms. The molecule has 0 rings (SSSR count). The van der Waals surface area contributed by atoms with E-state index in [1.54, 1.807) is 0 Å². The van der Waals surface area contributed by atoms with Crippen molar-refractivity contribution in [2.24, 2.45) is 23.2 Å². The second-order valence-electron chi connectivity index (χ2n) is 6.65. The van der Waals surface area contributed by atoms with E-state index in [0.717, 1.165) is 17.8 Å². The van der Waals surface area contributed by atoms with E-state index < -0.39 is 0 Å². The van der Waals surface area contributed by atoms with Gasteiger partial charge in [0.05, 0.1) is 0 Å². The molecule has 0 bridgehead atoms. The first-order valence-electron chi connectivity index (χ1n) is 7.92. The average Bonchev–Trinajstić information content (AvgIpc) is 2.29. The third-order valence-corrected chi connectivity index (χ3v) is 4.99. The summed E-state index contributed by atoms with van der Waals surface area (Å²) < 4.78 is 0. The first kappa shape index (κ1) is 17.0. The minimum Gasteiger partial charge on any atom is -0.0654 e. The monoisotopic (exact) mass is 240 g/mol. The number of rotatable bonds is 9. The topological polar surface area (TPSA) is 0 Å². The second-order valence-corrected chi connectivity index (χ2v) is 6.65. The highest BCUT2D eigenvalue weighted by molar-refractivity contribution is 4.82. The van der Waals surface area contributed by atoms with Gasteiger partial charge in [0.15, 0.2) is 0 Å². The van der Waals surface area contributed by atoms with Gasteiger partial charge in [0, 0.05) is 0 Å². The maximum absolute atomic E-state index is 2.47. The van der Waals surface area contributed by atoms with Crippen LogP contribution >= 0.6 is 0 Å². The van der Waals surface area contributed by atoms with Crippen LogP contribution < -0.4 is 0 Å². The summed E-state index contributed by atoms with van der Waals surface area (Å²) >= 11 is 0. The van der Waals surface area contributed by atoms with E-state index in [4.69, 9.17) is 0 Å². The van der Waals surface area contributed by atoms with E-state index in [9.17, 15) is 0 Å². The Morgan fingerprint density at radius 3 is 1.88 bits per heavy atom. The van der Waals surface area contributed by atoms with Crippen LogP contribution in [0, 0.1) is 23.2 Å². The van der Waals surface area contributed by atoms with Crippen molar-refractivity contribution in [1.82, 2.24) is 0 Å². The standard InChI is InChI=1S/C17H36/c1-8-12-15(13-14(5)9-2)16(10-3)17(6,7)11-4/h14-16H,8-13H2,1-7H3. The summed E-state index contributed by atoms with van der Waals surface area (Å²) in [6, 6.07) is 0. The molecule has 0 N–H and O–H groups in total. The first-order chi connectivity index (χ1) is 7.92. The van der Waals surface area contributed by atoms with Crippen molar-refractivity contribution in [3.05, 3.63) is 0 Å². The van der Waals surface area contributed by atoms with Crippen LogP contribution in [-0.2, 0) is 0 Å². The molecule has 3 unspecified atom stereocenters. The van der Waals surface area contributed by atoms with Crippen molar-refractivity contribution in [2.45, 2.75) is 87.0 Å². The van der Waals surface area contributed by atoms with Crippen LogP contribution in [0.4, 0.5) is 0 Å². The Bertz CT molecular complexity index is 180. The first-order valence-corrected chi connectivity index (χ1v) is 7.92. The molecule has 0 heterocycles. The molecule has 0 radical (unpaired) electrons. The fourth-order valence-corrected chi connectivity index (χ4v) is 3.32. The fourth-order valence-electron chi connectivity index (χ4n) is 3.32. The van der Waals surface area contributed by atoms with E-state index in [1.807, 2.05) is 0 Å². The lowest BCUT2D eigenvalue weighted by atomic mass is 9.66. The van der Waals surface area contributed by atoms with Crippen molar-refractivity contribution in [3.8, 4) is 0 Å². The summed E-state index contributed by atoms with van der Waals surface area (Å²) in [6.07, 6.45) is 8.20. The minimum atomic E-state index is 0.516. The highest BCUT2D eigenvalue weighted by Crippen LogP contribution is 2.42. The Kier molecular flexibility index (Phi) is 8.16. The Hall–Kier alpha value is 0. The van der Waals surface area contributed by atoms with Crippen molar-refractivity contribution in [2.75, 3.05) is 0 Å². The molecule has 0 saturated carbocycles. The largest absolute Gasteiger partial charge is 0.0654 e. The highest BCUT2D eigenvalue weighted by Gasteiger charge is 2.32. The Morgan fingerprint density at radius 2 is 1.53 bits per heavy atom. The Morgan fingerprint density at radius 1 is 0.941 bits per heavy atom. The van der Waals surface area contributed by atoms with Gasteiger partial charge in [-0.1, -0.05) is 80.6 Å². The summed E-state index contributed by atoms with van der Waals surface area (Å²) in [5, 5.41) is 0. The molecular weight excluding hydrogens is 204 g/mol. The van der Waals surface area contributed by atoms with Crippen LogP contribution in [0.1, 0.15) is 87.0 Å². The van der Waals surface area contributed by atoms with Crippen LogP contribution in [0.2, 0.25) is 0 Å². The summed E-state index contributed by atoms with van der Waals surface area (Å²) in [5.41, 5.74) is 0.516. The lowest BCUT2D eigenvalue weighted by Crippen LogP contribution is -2.31. The Labute approximate surface area is 111 Å². The van der Waals surface area contributed by atoms with Gasteiger partial charge < -0.3 is 0 Å². The summed E-state index contributed by atoms with van der Waals surface area (Å²) in [6.45, 7) is 16.8. The fraction of sp³-hybridized carbons (Fsp3) is 1.00. The minimum absolute atomic E-state index is 0.516. The van der Waals surface area contributed by atoms with Crippen molar-refractivity contribution < 1.29 is 0 Å². The van der Waals surface area contributed by atoms with Crippen LogP contribution in [-0.4, -0.2) is 0 Å². The zero-order chi connectivity index (χ0) is 13.5. The molecule has 0 spiro atoms. The lowest BCUT2D eigenvalue weighted by Gasteiger charge is -2.40. The van der Waals surface area contributed by atoms with Crippen molar-refractivity contribution in [1.29, 1.82) is 0 Å². The maximum atomic E-state index is 2.47. The molecule has 0 aromatic heterocycles. The van der Waals surface area contributed by atoms with E-state index >= 15 is 0 Å². The molecular formula is C17H36. The molecule has 0 aromatic carbocycles. The molecule has 0 fully saturated rings. The smallest absolute Gasteiger partial charge is 0.0326 e. The van der Waals surface area contributed by atoms with E-state index in [-0.39, 0.29) is 0 Å². The van der Waals surface area contributed by atoms with Crippen molar-refractivity contribution in [3.63, 3.8) is 0 Å². The lowest BCUT2D eigenvalue weighted by molar-refractivity contribution is 0.103. The van der Waals surface area contributed by atoms with Gasteiger partial charge in [0.25, 0.3) is 0 Å². The molecule has 3 atom stereocenters. The predicted molar refractivity (Wildman–Crippen MR) is 80.3 cm³/mol. The SMILES string of the molecule is CCCC(CC(C)CC)C(CC)C(C)(C)CC. The molecule has 104 valence electrons. The molecule has 0 heteroatoms. The van der Waals surface area contributed by atoms with Gasteiger partial charge in [-0.2, -0.15) is 0 Å². The molecule has 0 aromatic rings. The van der Waals surface area contributed by atoms with E-state index in [1.165, 1.54) is 38.5 Å². The molecule has 0 saturated heterocycles. The second kappa shape index (κ2) is 8.16. The zero-order valence-electron chi connectivity index (χ0n) is 13.5. The van der Waals surface area contributed by atoms with Crippen molar-refractivity contribution >= 4 is 0 Å². The molecule has 0 aliphatic heterocycles. The molecule has 0 aliphatic carbocycles. The van der Waals surface area contributed by atoms with Gasteiger partial charge in [0.2, 0.25) is 0 Å². The third-order valence-electron chi connectivity index (χ3n) is 4.99. The predicted octanol–water partition coefficient (Wildman–Crippen LogP) is 6.30. The average molecular weight is 240 g/mol. The number of hydrogen-bond acceptors (Lipinski definition) is 0. The number of hydrogen-bond donors (Lipinski definition) is 0.